The van der Waals surface area contributed by atoms with Gasteiger partial charge in [0.25, 0.3) is 0 Å². The molecule has 2 nitrogen and oxygen atoms in total. The molecule has 0 saturated carbocycles. The van der Waals surface area contributed by atoms with Crippen molar-refractivity contribution >= 4 is 0 Å². The zero-order valence-electron chi connectivity index (χ0n) is 8.22. The fourth-order valence-corrected chi connectivity index (χ4v) is 1.03. The Morgan fingerprint density at radius 3 is 2.79 bits per heavy atom. The van der Waals surface area contributed by atoms with Gasteiger partial charge in [-0.2, -0.15) is 0 Å². The molecule has 0 aliphatic carbocycles. The lowest BCUT2D eigenvalue weighted by Gasteiger charge is -2.07. The minimum atomic E-state index is -0.329. The van der Waals surface area contributed by atoms with Crippen molar-refractivity contribution in [2.75, 3.05) is 6.61 Å². The minimum absolute atomic E-state index is 0.307. The highest BCUT2D eigenvalue weighted by Crippen LogP contribution is 2.16. The van der Waals surface area contributed by atoms with Crippen LogP contribution in [0.15, 0.2) is 30.4 Å². The van der Waals surface area contributed by atoms with Gasteiger partial charge in [-0.3, -0.25) is 0 Å². The molecule has 0 aromatic heterocycles. The van der Waals surface area contributed by atoms with E-state index in [4.69, 9.17) is 10.5 Å². The van der Waals surface area contributed by atoms with E-state index < -0.39 is 0 Å². The molecular weight excluding hydrogens is 181 g/mol. The Balaban J connectivity index is 2.76. The highest BCUT2D eigenvalue weighted by atomic mass is 19.1. The second kappa shape index (κ2) is 4.77. The van der Waals surface area contributed by atoms with Crippen LogP contribution in [0.3, 0.4) is 0 Å². The van der Waals surface area contributed by atoms with Gasteiger partial charge in [0.2, 0.25) is 0 Å². The van der Waals surface area contributed by atoms with Gasteiger partial charge in [-0.05, 0) is 30.2 Å². The Hall–Kier alpha value is -1.35. The molecule has 0 atom stereocenters. The van der Waals surface area contributed by atoms with Gasteiger partial charge >= 0.3 is 0 Å². The Bertz CT molecular complexity index is 336. The van der Waals surface area contributed by atoms with Gasteiger partial charge in [0.1, 0.15) is 18.2 Å². The lowest BCUT2D eigenvalue weighted by atomic mass is 10.2. The SMILES string of the molecule is C=C(C)COc1cc(F)cc(CN)c1. The summed E-state index contributed by atoms with van der Waals surface area (Å²) in [5.74, 6) is 0.165. The summed E-state index contributed by atoms with van der Waals surface area (Å²) in [5.41, 5.74) is 7.02. The normalized spacial score (nSPS) is 9.93. The van der Waals surface area contributed by atoms with E-state index in [0.717, 1.165) is 11.1 Å². The molecule has 0 aliphatic rings. The molecule has 14 heavy (non-hydrogen) atoms. The zero-order chi connectivity index (χ0) is 10.6. The predicted molar refractivity (Wildman–Crippen MR) is 54.6 cm³/mol. The van der Waals surface area contributed by atoms with E-state index in [1.165, 1.54) is 12.1 Å². The van der Waals surface area contributed by atoms with Crippen LogP contribution in [-0.2, 0) is 6.54 Å². The Labute approximate surface area is 83.2 Å². The molecule has 0 bridgehead atoms. The summed E-state index contributed by atoms with van der Waals surface area (Å²) in [5, 5.41) is 0. The molecule has 2 N–H and O–H groups in total. The molecule has 0 unspecified atom stereocenters. The zero-order valence-corrected chi connectivity index (χ0v) is 8.22. The molecule has 0 fully saturated rings. The Morgan fingerprint density at radius 1 is 1.50 bits per heavy atom. The molecule has 0 saturated heterocycles. The van der Waals surface area contributed by atoms with Gasteiger partial charge < -0.3 is 10.5 Å². The first-order chi connectivity index (χ1) is 6.61. The number of benzene rings is 1. The van der Waals surface area contributed by atoms with Gasteiger partial charge in [-0.25, -0.2) is 4.39 Å². The van der Waals surface area contributed by atoms with Crippen molar-refractivity contribution in [2.24, 2.45) is 5.73 Å². The second-order valence-electron chi connectivity index (χ2n) is 3.25. The highest BCUT2D eigenvalue weighted by molar-refractivity contribution is 5.29. The molecule has 0 aliphatic heterocycles. The number of hydrogen-bond donors (Lipinski definition) is 1. The maximum Gasteiger partial charge on any atom is 0.127 e. The van der Waals surface area contributed by atoms with Crippen LogP contribution in [0.1, 0.15) is 12.5 Å². The molecule has 1 aromatic rings. The van der Waals surface area contributed by atoms with Crippen LogP contribution in [0.25, 0.3) is 0 Å². The van der Waals surface area contributed by atoms with Gasteiger partial charge in [0.15, 0.2) is 0 Å². The van der Waals surface area contributed by atoms with Crippen LogP contribution >= 0.6 is 0 Å². The van der Waals surface area contributed by atoms with Gasteiger partial charge in [0.05, 0.1) is 0 Å². The first-order valence-corrected chi connectivity index (χ1v) is 4.38. The Kier molecular flexibility index (Phi) is 3.65. The van der Waals surface area contributed by atoms with Crippen LogP contribution in [0.2, 0.25) is 0 Å². The smallest absolute Gasteiger partial charge is 0.127 e. The predicted octanol–water partition coefficient (Wildman–Crippen LogP) is 2.24. The van der Waals surface area contributed by atoms with Crippen LogP contribution in [-0.4, -0.2) is 6.61 Å². The van der Waals surface area contributed by atoms with E-state index in [2.05, 4.69) is 6.58 Å². The molecule has 3 heteroatoms. The number of nitrogens with two attached hydrogens (primary N) is 1. The van der Waals surface area contributed by atoms with E-state index in [-0.39, 0.29) is 5.82 Å². The maximum atomic E-state index is 13.0. The third-order valence-electron chi connectivity index (χ3n) is 1.65. The molecule has 0 amide bonds. The molecular formula is C11H14FNO. The summed E-state index contributed by atoms with van der Waals surface area (Å²) < 4.78 is 18.3. The molecule has 0 heterocycles. The van der Waals surface area contributed by atoms with Gasteiger partial charge in [-0.1, -0.05) is 6.58 Å². The van der Waals surface area contributed by atoms with E-state index in [1.54, 1.807) is 6.07 Å². The summed E-state index contributed by atoms with van der Waals surface area (Å²) in [6.07, 6.45) is 0. The van der Waals surface area contributed by atoms with Crippen molar-refractivity contribution in [3.63, 3.8) is 0 Å². The average Bonchev–Trinajstić information content (AvgIpc) is 2.14. The first kappa shape index (κ1) is 10.7. The van der Waals surface area contributed by atoms with E-state index >= 15 is 0 Å². The van der Waals surface area contributed by atoms with Crippen molar-refractivity contribution in [3.05, 3.63) is 41.7 Å². The van der Waals surface area contributed by atoms with E-state index in [1.807, 2.05) is 6.92 Å². The van der Waals surface area contributed by atoms with Crippen molar-refractivity contribution in [1.82, 2.24) is 0 Å². The quantitative estimate of drug-likeness (QED) is 0.748. The number of hydrogen-bond acceptors (Lipinski definition) is 2. The van der Waals surface area contributed by atoms with E-state index in [0.29, 0.717) is 18.9 Å². The van der Waals surface area contributed by atoms with Gasteiger partial charge in [-0.15, -0.1) is 0 Å². The lowest BCUT2D eigenvalue weighted by molar-refractivity contribution is 0.350. The fraction of sp³-hybridized carbons (Fsp3) is 0.273. The third kappa shape index (κ3) is 3.18. The maximum absolute atomic E-state index is 13.0. The summed E-state index contributed by atoms with van der Waals surface area (Å²) >= 11 is 0. The number of rotatable bonds is 4. The monoisotopic (exact) mass is 195 g/mol. The molecule has 0 spiro atoms. The standard InChI is InChI=1S/C11H14FNO/c1-8(2)7-14-11-4-9(6-13)3-10(12)5-11/h3-5H,1,6-7,13H2,2H3. The van der Waals surface area contributed by atoms with Crippen LogP contribution in [0.4, 0.5) is 4.39 Å². The molecule has 1 rings (SSSR count). The third-order valence-corrected chi connectivity index (χ3v) is 1.65. The fourth-order valence-electron chi connectivity index (χ4n) is 1.03. The first-order valence-electron chi connectivity index (χ1n) is 4.38. The van der Waals surface area contributed by atoms with Gasteiger partial charge in [0, 0.05) is 12.6 Å². The summed E-state index contributed by atoms with van der Waals surface area (Å²) in [6, 6.07) is 4.46. The molecule has 76 valence electrons. The Morgan fingerprint density at radius 2 is 2.21 bits per heavy atom. The van der Waals surface area contributed by atoms with Crippen LogP contribution in [0, 0.1) is 5.82 Å². The number of halogens is 1. The second-order valence-corrected chi connectivity index (χ2v) is 3.25. The minimum Gasteiger partial charge on any atom is -0.489 e. The van der Waals surface area contributed by atoms with Crippen molar-refractivity contribution in [2.45, 2.75) is 13.5 Å². The lowest BCUT2D eigenvalue weighted by Crippen LogP contribution is -2.01. The van der Waals surface area contributed by atoms with E-state index in [9.17, 15) is 4.39 Å². The topological polar surface area (TPSA) is 35.2 Å². The van der Waals surface area contributed by atoms with Crippen molar-refractivity contribution in [1.29, 1.82) is 0 Å². The summed E-state index contributed by atoms with van der Waals surface area (Å²) in [7, 11) is 0. The molecule has 0 radical (unpaired) electrons. The van der Waals surface area contributed by atoms with Crippen LogP contribution in [0.5, 0.6) is 5.75 Å². The van der Waals surface area contributed by atoms with Crippen molar-refractivity contribution < 1.29 is 9.13 Å². The average molecular weight is 195 g/mol. The van der Waals surface area contributed by atoms with Crippen LogP contribution < -0.4 is 10.5 Å². The summed E-state index contributed by atoms with van der Waals surface area (Å²) in [6.45, 7) is 6.25. The van der Waals surface area contributed by atoms with Crippen molar-refractivity contribution in [3.8, 4) is 5.75 Å². The number of ether oxygens (including phenoxy) is 1. The largest absolute Gasteiger partial charge is 0.489 e. The highest BCUT2D eigenvalue weighted by Gasteiger charge is 2.00. The molecule has 1 aromatic carbocycles. The summed E-state index contributed by atoms with van der Waals surface area (Å²) in [4.78, 5) is 0.